The average molecular weight is 312 g/mol. The van der Waals surface area contributed by atoms with Crippen molar-refractivity contribution in [3.63, 3.8) is 0 Å². The maximum Gasteiger partial charge on any atom is 0.226 e. The lowest BCUT2D eigenvalue weighted by atomic mass is 9.96. The van der Waals surface area contributed by atoms with Gasteiger partial charge < -0.3 is 9.47 Å². The van der Waals surface area contributed by atoms with E-state index in [0.29, 0.717) is 0 Å². The minimum Gasteiger partial charge on any atom is -0.349 e. The van der Waals surface area contributed by atoms with Gasteiger partial charge in [-0.3, -0.25) is 9.69 Å². The Balaban J connectivity index is 1.61. The third-order valence-corrected chi connectivity index (χ3v) is 4.44. The number of likely N-dealkylation sites (tertiary alicyclic amines) is 1. The number of carbonyl (C=O) groups is 1. The molecule has 122 valence electrons. The zero-order valence-corrected chi connectivity index (χ0v) is 13.9. The molecule has 1 atom stereocenters. The molecule has 0 aliphatic carbocycles. The van der Waals surface area contributed by atoms with Crippen molar-refractivity contribution in [1.82, 2.24) is 19.4 Å². The Hall–Kier alpha value is -2.14. The molecule has 1 saturated heterocycles. The van der Waals surface area contributed by atoms with Crippen molar-refractivity contribution < 1.29 is 4.79 Å². The van der Waals surface area contributed by atoms with Crippen molar-refractivity contribution in [2.24, 2.45) is 5.92 Å². The number of aromatic nitrogens is 2. The van der Waals surface area contributed by atoms with E-state index in [0.717, 1.165) is 38.2 Å². The largest absolute Gasteiger partial charge is 0.349 e. The van der Waals surface area contributed by atoms with Gasteiger partial charge in [0.25, 0.3) is 0 Å². The summed E-state index contributed by atoms with van der Waals surface area (Å²) >= 11 is 0. The molecular weight excluding hydrogens is 288 g/mol. The standard InChI is InChI=1S/C18H24N4O/c1-20(2)18(23)16-4-3-10-21(13-16)12-15-5-7-17(8-6-15)22-11-9-19-14-22/h5-9,11,14,16H,3-4,10,12-13H2,1-2H3. The molecule has 0 spiro atoms. The third kappa shape index (κ3) is 3.79. The van der Waals surface area contributed by atoms with E-state index in [9.17, 15) is 4.79 Å². The molecule has 5 nitrogen and oxygen atoms in total. The highest BCUT2D eigenvalue weighted by molar-refractivity contribution is 5.78. The van der Waals surface area contributed by atoms with Gasteiger partial charge in [-0.1, -0.05) is 12.1 Å². The van der Waals surface area contributed by atoms with Gasteiger partial charge in [-0.25, -0.2) is 4.98 Å². The third-order valence-electron chi connectivity index (χ3n) is 4.44. The molecule has 1 aromatic heterocycles. The van der Waals surface area contributed by atoms with Gasteiger partial charge in [0.2, 0.25) is 5.91 Å². The topological polar surface area (TPSA) is 41.4 Å². The Bertz CT molecular complexity index is 634. The Labute approximate surface area is 137 Å². The maximum absolute atomic E-state index is 12.2. The summed E-state index contributed by atoms with van der Waals surface area (Å²) in [5, 5.41) is 0. The van der Waals surface area contributed by atoms with Gasteiger partial charge in [0.05, 0.1) is 12.2 Å². The smallest absolute Gasteiger partial charge is 0.226 e. The second kappa shape index (κ2) is 6.96. The van der Waals surface area contributed by atoms with Gasteiger partial charge >= 0.3 is 0 Å². The molecule has 0 N–H and O–H groups in total. The van der Waals surface area contributed by atoms with Gasteiger partial charge in [-0.15, -0.1) is 0 Å². The first-order chi connectivity index (χ1) is 11.1. The minimum atomic E-state index is 0.143. The highest BCUT2D eigenvalue weighted by Crippen LogP contribution is 2.20. The quantitative estimate of drug-likeness (QED) is 0.869. The highest BCUT2D eigenvalue weighted by atomic mass is 16.2. The van der Waals surface area contributed by atoms with Crippen molar-refractivity contribution in [1.29, 1.82) is 0 Å². The summed E-state index contributed by atoms with van der Waals surface area (Å²) in [5.74, 6) is 0.397. The first-order valence-electron chi connectivity index (χ1n) is 8.14. The number of hydrogen-bond donors (Lipinski definition) is 0. The molecule has 23 heavy (non-hydrogen) atoms. The fraction of sp³-hybridized carbons (Fsp3) is 0.444. The van der Waals surface area contributed by atoms with E-state index in [2.05, 4.69) is 34.1 Å². The molecule has 2 aromatic rings. The average Bonchev–Trinajstić information content (AvgIpc) is 3.09. The molecule has 1 amide bonds. The van der Waals surface area contributed by atoms with Crippen LogP contribution in [0.5, 0.6) is 0 Å². The lowest BCUT2D eigenvalue weighted by Crippen LogP contribution is -2.42. The molecule has 1 fully saturated rings. The molecule has 5 heteroatoms. The Morgan fingerprint density at radius 2 is 2.09 bits per heavy atom. The van der Waals surface area contributed by atoms with E-state index >= 15 is 0 Å². The van der Waals surface area contributed by atoms with Crippen LogP contribution >= 0.6 is 0 Å². The number of rotatable bonds is 4. The number of amides is 1. The molecule has 1 aliphatic rings. The van der Waals surface area contributed by atoms with E-state index < -0.39 is 0 Å². The van der Waals surface area contributed by atoms with Crippen LogP contribution in [0.15, 0.2) is 43.0 Å². The number of imidazole rings is 1. The summed E-state index contributed by atoms with van der Waals surface area (Å²) in [4.78, 5) is 20.3. The van der Waals surface area contributed by atoms with Gasteiger partial charge in [-0.05, 0) is 37.1 Å². The van der Waals surface area contributed by atoms with E-state index in [-0.39, 0.29) is 11.8 Å². The number of benzene rings is 1. The lowest BCUT2D eigenvalue weighted by Gasteiger charge is -2.33. The lowest BCUT2D eigenvalue weighted by molar-refractivity contribution is -0.134. The minimum absolute atomic E-state index is 0.143. The van der Waals surface area contributed by atoms with Gasteiger partial charge in [0.1, 0.15) is 0 Å². The Kier molecular flexibility index (Phi) is 4.76. The van der Waals surface area contributed by atoms with Crippen molar-refractivity contribution in [2.75, 3.05) is 27.2 Å². The number of hydrogen-bond acceptors (Lipinski definition) is 3. The monoisotopic (exact) mass is 312 g/mol. The second-order valence-electron chi connectivity index (χ2n) is 6.44. The van der Waals surface area contributed by atoms with E-state index in [1.165, 1.54) is 5.56 Å². The molecule has 0 bridgehead atoms. The van der Waals surface area contributed by atoms with Crippen molar-refractivity contribution in [3.8, 4) is 5.69 Å². The zero-order valence-electron chi connectivity index (χ0n) is 13.9. The summed E-state index contributed by atoms with van der Waals surface area (Å²) in [6.45, 7) is 2.84. The van der Waals surface area contributed by atoms with E-state index in [4.69, 9.17) is 0 Å². The van der Waals surface area contributed by atoms with Crippen molar-refractivity contribution >= 4 is 5.91 Å². The van der Waals surface area contributed by atoms with Crippen LogP contribution in [0.3, 0.4) is 0 Å². The van der Waals surface area contributed by atoms with Crippen LogP contribution in [-0.4, -0.2) is 52.4 Å². The molecule has 3 rings (SSSR count). The molecule has 0 saturated carbocycles. The van der Waals surface area contributed by atoms with Gasteiger partial charge in [0, 0.05) is 45.3 Å². The van der Waals surface area contributed by atoms with Gasteiger partial charge in [0.15, 0.2) is 0 Å². The van der Waals surface area contributed by atoms with Gasteiger partial charge in [-0.2, -0.15) is 0 Å². The summed E-state index contributed by atoms with van der Waals surface area (Å²) in [7, 11) is 3.69. The predicted octanol–water partition coefficient (Wildman–Crippen LogP) is 2.17. The molecule has 0 radical (unpaired) electrons. The SMILES string of the molecule is CN(C)C(=O)C1CCCN(Cc2ccc(-n3ccnc3)cc2)C1. The van der Waals surface area contributed by atoms with Crippen molar-refractivity contribution in [2.45, 2.75) is 19.4 Å². The Morgan fingerprint density at radius 3 is 2.74 bits per heavy atom. The van der Waals surface area contributed by atoms with Crippen molar-refractivity contribution in [3.05, 3.63) is 48.5 Å². The fourth-order valence-corrected chi connectivity index (χ4v) is 3.21. The maximum atomic E-state index is 12.2. The first-order valence-corrected chi connectivity index (χ1v) is 8.14. The van der Waals surface area contributed by atoms with E-state index in [1.54, 1.807) is 17.4 Å². The van der Waals surface area contributed by atoms with E-state index in [1.807, 2.05) is 24.9 Å². The fourth-order valence-electron chi connectivity index (χ4n) is 3.21. The van der Waals surface area contributed by atoms with Crippen LogP contribution in [-0.2, 0) is 11.3 Å². The second-order valence-corrected chi connectivity index (χ2v) is 6.44. The van der Waals surface area contributed by atoms with Crippen LogP contribution < -0.4 is 0 Å². The molecule has 1 aromatic carbocycles. The molecule has 1 aliphatic heterocycles. The first kappa shape index (κ1) is 15.7. The molecule has 2 heterocycles. The summed E-state index contributed by atoms with van der Waals surface area (Å²) < 4.78 is 2.00. The van der Waals surface area contributed by atoms with Crippen LogP contribution in [0.2, 0.25) is 0 Å². The number of piperidine rings is 1. The number of carbonyl (C=O) groups excluding carboxylic acids is 1. The molecule has 1 unspecified atom stereocenters. The predicted molar refractivity (Wildman–Crippen MR) is 90.3 cm³/mol. The zero-order chi connectivity index (χ0) is 16.2. The van der Waals surface area contributed by atoms with Crippen LogP contribution in [0.25, 0.3) is 5.69 Å². The summed E-state index contributed by atoms with van der Waals surface area (Å²) in [5.41, 5.74) is 2.40. The normalized spacial score (nSPS) is 18.8. The van der Waals surface area contributed by atoms with Crippen LogP contribution in [0.4, 0.5) is 0 Å². The Morgan fingerprint density at radius 1 is 1.30 bits per heavy atom. The summed E-state index contributed by atoms with van der Waals surface area (Å²) in [6, 6.07) is 8.55. The summed E-state index contributed by atoms with van der Waals surface area (Å²) in [6.07, 6.45) is 7.63. The number of nitrogens with zero attached hydrogens (tertiary/aromatic N) is 4. The van der Waals surface area contributed by atoms with Crippen LogP contribution in [0, 0.1) is 5.92 Å². The van der Waals surface area contributed by atoms with Crippen LogP contribution in [0.1, 0.15) is 18.4 Å². The highest BCUT2D eigenvalue weighted by Gasteiger charge is 2.26. The molecular formula is C18H24N4O.